The molecule has 0 radical (unpaired) electrons. The van der Waals surface area contributed by atoms with Gasteiger partial charge in [-0.15, -0.1) is 23.4 Å². The highest BCUT2D eigenvalue weighted by atomic mass is 35.5. The molecule has 3 rings (SSSR count). The molecule has 0 spiro atoms. The summed E-state index contributed by atoms with van der Waals surface area (Å²) in [6.45, 7) is 2.02. The third-order valence-electron chi connectivity index (χ3n) is 4.15. The summed E-state index contributed by atoms with van der Waals surface area (Å²) in [5, 5.41) is 8.63. The Morgan fingerprint density at radius 3 is 2.61 bits per heavy atom. The zero-order chi connectivity index (χ0) is 20.3. The zero-order valence-electron chi connectivity index (χ0n) is 15.1. The van der Waals surface area contributed by atoms with Crippen LogP contribution in [0.2, 0.25) is 5.02 Å². The molecule has 1 atom stereocenters. The summed E-state index contributed by atoms with van der Waals surface area (Å²) in [4.78, 5) is 1.79. The summed E-state index contributed by atoms with van der Waals surface area (Å²) in [5.74, 6) is 0.421. The van der Waals surface area contributed by atoms with Gasteiger partial charge in [0.05, 0.1) is 6.04 Å². The highest BCUT2D eigenvalue weighted by Gasteiger charge is 2.32. The monoisotopic (exact) mass is 411 g/mol. The molecule has 28 heavy (non-hydrogen) atoms. The molecular weight excluding hydrogens is 395 g/mol. The Bertz CT molecular complexity index is 946. The number of benzene rings is 2. The Morgan fingerprint density at radius 1 is 1.14 bits per heavy atom. The first kappa shape index (κ1) is 20.2. The lowest BCUT2D eigenvalue weighted by molar-refractivity contribution is -0.275. The molecule has 0 aliphatic carbocycles. The number of aromatic nitrogens is 2. The molecule has 1 heterocycles. The van der Waals surface area contributed by atoms with E-state index in [0.717, 1.165) is 0 Å². The van der Waals surface area contributed by atoms with Crippen LogP contribution in [0.5, 0.6) is 5.75 Å². The molecule has 0 saturated heterocycles. The van der Waals surface area contributed by atoms with Crippen molar-refractivity contribution in [3.8, 4) is 17.2 Å². The highest BCUT2D eigenvalue weighted by molar-refractivity contribution is 6.30. The van der Waals surface area contributed by atoms with Crippen LogP contribution in [0, 0.1) is 0 Å². The lowest BCUT2D eigenvalue weighted by Crippen LogP contribution is -2.24. The van der Waals surface area contributed by atoms with Crippen molar-refractivity contribution in [2.75, 3.05) is 7.05 Å². The van der Waals surface area contributed by atoms with E-state index in [1.165, 1.54) is 12.1 Å². The van der Waals surface area contributed by atoms with Crippen LogP contribution >= 0.6 is 11.6 Å². The molecule has 0 aliphatic rings. The van der Waals surface area contributed by atoms with Crippen molar-refractivity contribution in [2.45, 2.75) is 25.9 Å². The van der Waals surface area contributed by atoms with Gasteiger partial charge >= 0.3 is 6.36 Å². The van der Waals surface area contributed by atoms with Gasteiger partial charge in [-0.05, 0) is 38.2 Å². The van der Waals surface area contributed by atoms with E-state index in [2.05, 4.69) is 14.9 Å². The molecule has 9 heteroatoms. The molecule has 5 nitrogen and oxygen atoms in total. The minimum Gasteiger partial charge on any atom is -0.419 e. The highest BCUT2D eigenvalue weighted by Crippen LogP contribution is 2.30. The van der Waals surface area contributed by atoms with Crippen LogP contribution in [-0.2, 0) is 6.54 Å². The van der Waals surface area contributed by atoms with E-state index in [4.69, 9.17) is 16.0 Å². The molecule has 0 fully saturated rings. The predicted molar refractivity (Wildman–Crippen MR) is 97.8 cm³/mol. The van der Waals surface area contributed by atoms with Gasteiger partial charge in [-0.2, -0.15) is 0 Å². The normalized spacial score (nSPS) is 13.0. The van der Waals surface area contributed by atoms with Gasteiger partial charge < -0.3 is 9.15 Å². The second kappa shape index (κ2) is 8.20. The van der Waals surface area contributed by atoms with Gasteiger partial charge in [-0.3, -0.25) is 4.90 Å². The van der Waals surface area contributed by atoms with Crippen LogP contribution in [0.1, 0.15) is 24.4 Å². The summed E-state index contributed by atoms with van der Waals surface area (Å²) in [7, 11) is 1.75. The maximum atomic E-state index is 12.6. The molecule has 0 N–H and O–H groups in total. The molecule has 2 aromatic carbocycles. The van der Waals surface area contributed by atoms with Crippen LogP contribution in [0.4, 0.5) is 13.2 Å². The number of halogens is 4. The summed E-state index contributed by atoms with van der Waals surface area (Å²) in [5.41, 5.74) is 1.08. The number of hydrogen-bond acceptors (Lipinski definition) is 5. The van der Waals surface area contributed by atoms with Gasteiger partial charge in [-0.25, -0.2) is 0 Å². The van der Waals surface area contributed by atoms with Crippen molar-refractivity contribution < 1.29 is 22.3 Å². The standard InChI is InChI=1S/C19H17ClF3N3O2/c1-12(17-24-25-18(27-17)13-7-5-8-15(20)10-13)26(2)11-14-6-3-4-9-16(14)28-19(21,22)23/h3-10,12H,11H2,1-2H3. The van der Waals surface area contributed by atoms with E-state index in [9.17, 15) is 13.2 Å². The van der Waals surface area contributed by atoms with Crippen molar-refractivity contribution in [1.29, 1.82) is 0 Å². The molecule has 148 valence electrons. The quantitative estimate of drug-likeness (QED) is 0.537. The summed E-state index contributed by atoms with van der Waals surface area (Å²) >= 11 is 5.98. The second-order valence-corrected chi connectivity index (χ2v) is 6.64. The number of alkyl halides is 3. The maximum absolute atomic E-state index is 12.6. The van der Waals surface area contributed by atoms with Crippen LogP contribution in [-0.4, -0.2) is 28.5 Å². The number of ether oxygens (including phenoxy) is 1. The van der Waals surface area contributed by atoms with Crippen molar-refractivity contribution >= 4 is 11.6 Å². The van der Waals surface area contributed by atoms with Gasteiger partial charge in [0.1, 0.15) is 5.75 Å². The number of rotatable bonds is 6. The largest absolute Gasteiger partial charge is 0.573 e. The third kappa shape index (κ3) is 5.02. The molecular formula is C19H17ClF3N3O2. The van der Waals surface area contributed by atoms with E-state index in [-0.39, 0.29) is 18.3 Å². The maximum Gasteiger partial charge on any atom is 0.573 e. The van der Waals surface area contributed by atoms with Crippen LogP contribution in [0.25, 0.3) is 11.5 Å². The Balaban J connectivity index is 1.75. The number of para-hydroxylation sites is 1. The van der Waals surface area contributed by atoms with Gasteiger partial charge in [0, 0.05) is 22.7 Å². The second-order valence-electron chi connectivity index (χ2n) is 6.20. The van der Waals surface area contributed by atoms with E-state index in [1.54, 1.807) is 48.3 Å². The summed E-state index contributed by atoms with van der Waals surface area (Å²) in [6, 6.07) is 12.7. The lowest BCUT2D eigenvalue weighted by Gasteiger charge is -2.23. The fourth-order valence-electron chi connectivity index (χ4n) is 2.59. The van der Waals surface area contributed by atoms with Gasteiger partial charge in [0.15, 0.2) is 0 Å². The Kier molecular flexibility index (Phi) is 5.90. The van der Waals surface area contributed by atoms with E-state index < -0.39 is 6.36 Å². The van der Waals surface area contributed by atoms with Gasteiger partial charge in [0.25, 0.3) is 0 Å². The van der Waals surface area contributed by atoms with E-state index >= 15 is 0 Å². The molecule has 3 aromatic rings. The molecule has 0 saturated carbocycles. The predicted octanol–water partition coefficient (Wildman–Crippen LogP) is 5.48. The first-order chi connectivity index (χ1) is 13.2. The SMILES string of the molecule is CC(c1nnc(-c2cccc(Cl)c2)o1)N(C)Cc1ccccc1OC(F)(F)F. The topological polar surface area (TPSA) is 51.4 Å². The molecule has 0 amide bonds. The van der Waals surface area contributed by atoms with Crippen molar-refractivity contribution in [3.63, 3.8) is 0 Å². The number of nitrogens with zero attached hydrogens (tertiary/aromatic N) is 3. The third-order valence-corrected chi connectivity index (χ3v) is 4.38. The minimum absolute atomic E-state index is 0.197. The lowest BCUT2D eigenvalue weighted by atomic mass is 10.1. The fraction of sp³-hybridized carbons (Fsp3) is 0.263. The van der Waals surface area contributed by atoms with Crippen LogP contribution in [0.3, 0.4) is 0 Å². The van der Waals surface area contributed by atoms with Gasteiger partial charge in [-0.1, -0.05) is 35.9 Å². The average molecular weight is 412 g/mol. The summed E-state index contributed by atoms with van der Waals surface area (Å²) in [6.07, 6.45) is -4.75. The smallest absolute Gasteiger partial charge is 0.419 e. The summed E-state index contributed by atoms with van der Waals surface area (Å²) < 4.78 is 47.6. The Labute approximate surface area is 164 Å². The van der Waals surface area contributed by atoms with Crippen molar-refractivity contribution in [1.82, 2.24) is 15.1 Å². The minimum atomic E-state index is -4.75. The van der Waals surface area contributed by atoms with E-state index in [0.29, 0.717) is 27.9 Å². The fourth-order valence-corrected chi connectivity index (χ4v) is 2.78. The van der Waals surface area contributed by atoms with Crippen molar-refractivity contribution in [3.05, 3.63) is 65.0 Å². The first-order valence-electron chi connectivity index (χ1n) is 8.36. The zero-order valence-corrected chi connectivity index (χ0v) is 15.8. The Morgan fingerprint density at radius 2 is 1.89 bits per heavy atom. The van der Waals surface area contributed by atoms with Crippen molar-refractivity contribution in [2.24, 2.45) is 0 Å². The number of hydrogen-bond donors (Lipinski definition) is 0. The first-order valence-corrected chi connectivity index (χ1v) is 8.74. The molecule has 1 unspecified atom stereocenters. The van der Waals surface area contributed by atoms with Crippen LogP contribution < -0.4 is 4.74 Å². The Hall–Kier alpha value is -2.58. The average Bonchev–Trinajstić information content (AvgIpc) is 3.11. The van der Waals surface area contributed by atoms with Crippen LogP contribution in [0.15, 0.2) is 52.9 Å². The molecule has 0 bridgehead atoms. The van der Waals surface area contributed by atoms with E-state index in [1.807, 2.05) is 6.92 Å². The molecule has 0 aliphatic heterocycles. The molecule has 1 aromatic heterocycles. The van der Waals surface area contributed by atoms with Gasteiger partial charge in [0.2, 0.25) is 11.8 Å².